The quantitative estimate of drug-likeness (QED) is 0.797. The fourth-order valence-corrected chi connectivity index (χ4v) is 2.23. The van der Waals surface area contributed by atoms with E-state index in [1.807, 2.05) is 27.7 Å². The summed E-state index contributed by atoms with van der Waals surface area (Å²) >= 11 is 0. The van der Waals surface area contributed by atoms with Crippen LogP contribution >= 0.6 is 0 Å². The van der Waals surface area contributed by atoms with Crippen LogP contribution in [-0.2, 0) is 9.31 Å². The zero-order valence-corrected chi connectivity index (χ0v) is 12.5. The zero-order valence-electron chi connectivity index (χ0n) is 12.5. The van der Waals surface area contributed by atoms with Crippen LogP contribution in [0.25, 0.3) is 11.3 Å². The molecular weight excluding hydrogens is 272 g/mol. The highest BCUT2D eigenvalue weighted by Crippen LogP contribution is 2.36. The minimum Gasteiger partial charge on any atom is -0.444 e. The summed E-state index contributed by atoms with van der Waals surface area (Å²) in [6, 6.07) is 4.61. The van der Waals surface area contributed by atoms with Gasteiger partial charge in [-0.25, -0.2) is 9.37 Å². The molecule has 110 valence electrons. The number of hydrogen-bond donors (Lipinski definition) is 0. The second-order valence-electron chi connectivity index (χ2n) is 6.23. The number of aromatic nitrogens is 1. The van der Waals surface area contributed by atoms with Crippen molar-refractivity contribution in [2.45, 2.75) is 38.9 Å². The SMILES string of the molecule is CC1(C)OB(c2cc(F)cc(-c3cnco3)c2)OC1(C)C. The van der Waals surface area contributed by atoms with Crippen molar-refractivity contribution in [1.82, 2.24) is 4.98 Å². The number of oxazole rings is 1. The molecule has 1 aromatic heterocycles. The molecule has 1 aliphatic heterocycles. The Bertz CT molecular complexity index is 639. The molecule has 1 aliphatic rings. The van der Waals surface area contributed by atoms with Crippen LogP contribution in [0, 0.1) is 5.82 Å². The lowest BCUT2D eigenvalue weighted by Crippen LogP contribution is -2.41. The molecule has 1 saturated heterocycles. The van der Waals surface area contributed by atoms with Gasteiger partial charge in [0.05, 0.1) is 17.4 Å². The van der Waals surface area contributed by atoms with Gasteiger partial charge in [-0.15, -0.1) is 0 Å². The van der Waals surface area contributed by atoms with Crippen LogP contribution in [0.2, 0.25) is 0 Å². The maximum atomic E-state index is 13.9. The first-order valence-corrected chi connectivity index (χ1v) is 6.83. The van der Waals surface area contributed by atoms with E-state index < -0.39 is 18.3 Å². The summed E-state index contributed by atoms with van der Waals surface area (Å²) in [5.41, 5.74) is 0.310. The molecule has 3 rings (SSSR count). The van der Waals surface area contributed by atoms with Crippen molar-refractivity contribution in [3.63, 3.8) is 0 Å². The predicted octanol–water partition coefficient (Wildman–Crippen LogP) is 2.78. The molecule has 0 atom stereocenters. The number of rotatable bonds is 2. The fourth-order valence-electron chi connectivity index (χ4n) is 2.23. The van der Waals surface area contributed by atoms with E-state index >= 15 is 0 Å². The standard InChI is InChI=1S/C15H17BFNO3/c1-14(2)15(3,4)21-16(20-14)11-5-10(6-12(17)7-11)13-8-18-9-19-13/h5-9H,1-4H3. The number of hydrogen-bond acceptors (Lipinski definition) is 4. The zero-order chi connectivity index (χ0) is 15.3. The van der Waals surface area contributed by atoms with E-state index in [4.69, 9.17) is 13.7 Å². The maximum absolute atomic E-state index is 13.9. The summed E-state index contributed by atoms with van der Waals surface area (Å²) in [7, 11) is -0.604. The highest BCUT2D eigenvalue weighted by Gasteiger charge is 2.51. The van der Waals surface area contributed by atoms with E-state index in [2.05, 4.69) is 4.98 Å². The first-order chi connectivity index (χ1) is 9.78. The van der Waals surface area contributed by atoms with Crippen LogP contribution in [0.5, 0.6) is 0 Å². The number of halogens is 1. The van der Waals surface area contributed by atoms with Gasteiger partial charge in [-0.3, -0.25) is 0 Å². The Kier molecular flexibility index (Phi) is 3.18. The smallest absolute Gasteiger partial charge is 0.444 e. The first-order valence-electron chi connectivity index (χ1n) is 6.83. The molecule has 6 heteroatoms. The van der Waals surface area contributed by atoms with Crippen molar-refractivity contribution in [3.8, 4) is 11.3 Å². The van der Waals surface area contributed by atoms with Gasteiger partial charge in [0.2, 0.25) is 0 Å². The minimum absolute atomic E-state index is 0.367. The molecule has 0 amide bonds. The highest BCUT2D eigenvalue weighted by molar-refractivity contribution is 6.62. The van der Waals surface area contributed by atoms with Gasteiger partial charge in [-0.2, -0.15) is 0 Å². The van der Waals surface area contributed by atoms with Crippen molar-refractivity contribution in [2.75, 3.05) is 0 Å². The Balaban J connectivity index is 1.97. The molecule has 4 nitrogen and oxygen atoms in total. The van der Waals surface area contributed by atoms with E-state index in [0.717, 1.165) is 0 Å². The van der Waals surface area contributed by atoms with Gasteiger partial charge in [0.15, 0.2) is 12.2 Å². The van der Waals surface area contributed by atoms with Crippen molar-refractivity contribution in [3.05, 3.63) is 36.6 Å². The lowest BCUT2D eigenvalue weighted by atomic mass is 9.78. The molecule has 0 aliphatic carbocycles. The van der Waals surface area contributed by atoms with Gasteiger partial charge in [-0.1, -0.05) is 6.07 Å². The Hall–Kier alpha value is -1.66. The molecule has 21 heavy (non-hydrogen) atoms. The Morgan fingerprint density at radius 1 is 1.05 bits per heavy atom. The molecule has 0 spiro atoms. The first kappa shape index (κ1) is 14.3. The van der Waals surface area contributed by atoms with E-state index in [-0.39, 0.29) is 5.82 Å². The molecule has 0 bridgehead atoms. The van der Waals surface area contributed by atoms with Crippen LogP contribution in [0.15, 0.2) is 35.2 Å². The van der Waals surface area contributed by atoms with Gasteiger partial charge >= 0.3 is 7.12 Å². The Labute approximate surface area is 123 Å². The van der Waals surface area contributed by atoms with Crippen molar-refractivity contribution >= 4 is 12.6 Å². The second kappa shape index (κ2) is 4.68. The predicted molar refractivity (Wildman–Crippen MR) is 77.6 cm³/mol. The molecular formula is C15H17BFNO3. The van der Waals surface area contributed by atoms with Gasteiger partial charge in [0.25, 0.3) is 0 Å². The van der Waals surface area contributed by atoms with E-state index in [9.17, 15) is 4.39 Å². The van der Waals surface area contributed by atoms with E-state index in [1.165, 1.54) is 18.5 Å². The summed E-state index contributed by atoms with van der Waals surface area (Å²) in [6.07, 6.45) is 2.86. The Morgan fingerprint density at radius 3 is 2.29 bits per heavy atom. The third-order valence-electron chi connectivity index (χ3n) is 4.16. The molecule has 0 N–H and O–H groups in total. The fraction of sp³-hybridized carbons (Fsp3) is 0.400. The molecule has 0 radical (unpaired) electrons. The molecule has 1 aromatic carbocycles. The minimum atomic E-state index is -0.604. The largest absolute Gasteiger partial charge is 0.494 e. The number of benzene rings is 1. The molecule has 2 aromatic rings. The average molecular weight is 289 g/mol. The van der Waals surface area contributed by atoms with Crippen molar-refractivity contribution in [2.24, 2.45) is 0 Å². The molecule has 0 unspecified atom stereocenters. The normalized spacial score (nSPS) is 20.0. The lowest BCUT2D eigenvalue weighted by Gasteiger charge is -2.32. The molecule has 2 heterocycles. The van der Waals surface area contributed by atoms with Crippen LogP contribution in [0.3, 0.4) is 0 Å². The third-order valence-corrected chi connectivity index (χ3v) is 4.16. The number of nitrogens with zero attached hydrogens (tertiary/aromatic N) is 1. The van der Waals surface area contributed by atoms with Gasteiger partial charge in [-0.05, 0) is 45.3 Å². The van der Waals surface area contributed by atoms with E-state index in [1.54, 1.807) is 12.3 Å². The van der Waals surface area contributed by atoms with E-state index in [0.29, 0.717) is 16.8 Å². The van der Waals surface area contributed by atoms with Crippen LogP contribution in [0.1, 0.15) is 27.7 Å². The summed E-state index contributed by atoms with van der Waals surface area (Å²) < 4.78 is 31.0. The summed E-state index contributed by atoms with van der Waals surface area (Å²) in [5, 5.41) is 0. The van der Waals surface area contributed by atoms with Crippen LogP contribution in [-0.4, -0.2) is 23.3 Å². The van der Waals surface area contributed by atoms with Crippen molar-refractivity contribution in [1.29, 1.82) is 0 Å². The summed E-state index contributed by atoms with van der Waals surface area (Å²) in [4.78, 5) is 3.85. The van der Waals surface area contributed by atoms with Crippen molar-refractivity contribution < 1.29 is 18.1 Å². The molecule has 1 fully saturated rings. The molecule has 0 saturated carbocycles. The second-order valence-corrected chi connectivity index (χ2v) is 6.23. The summed E-state index contributed by atoms with van der Waals surface area (Å²) in [6.45, 7) is 7.85. The topological polar surface area (TPSA) is 44.5 Å². The average Bonchev–Trinajstić information content (AvgIpc) is 2.96. The highest BCUT2D eigenvalue weighted by atomic mass is 19.1. The van der Waals surface area contributed by atoms with Gasteiger partial charge in [0, 0.05) is 5.56 Å². The lowest BCUT2D eigenvalue weighted by molar-refractivity contribution is 0.00578. The third kappa shape index (κ3) is 2.49. The van der Waals surface area contributed by atoms with Gasteiger partial charge < -0.3 is 13.7 Å². The van der Waals surface area contributed by atoms with Gasteiger partial charge in [0.1, 0.15) is 5.82 Å². The monoisotopic (exact) mass is 289 g/mol. The maximum Gasteiger partial charge on any atom is 0.494 e. The van der Waals surface area contributed by atoms with Crippen LogP contribution < -0.4 is 5.46 Å². The Morgan fingerprint density at radius 2 is 1.71 bits per heavy atom. The summed E-state index contributed by atoms with van der Waals surface area (Å²) in [5.74, 6) is 0.140. The van der Waals surface area contributed by atoms with Crippen LogP contribution in [0.4, 0.5) is 4.39 Å².